The van der Waals surface area contributed by atoms with E-state index in [1.54, 1.807) is 0 Å². The summed E-state index contributed by atoms with van der Waals surface area (Å²) >= 11 is 0. The van der Waals surface area contributed by atoms with Crippen molar-refractivity contribution in [1.29, 1.82) is 0 Å². The van der Waals surface area contributed by atoms with Gasteiger partial charge in [0, 0.05) is 82.1 Å². The van der Waals surface area contributed by atoms with Crippen molar-refractivity contribution in [1.82, 2.24) is 4.58 Å². The van der Waals surface area contributed by atoms with E-state index in [0.717, 1.165) is 42.9 Å². The summed E-state index contributed by atoms with van der Waals surface area (Å²) in [5.74, 6) is -0.244. The molecule has 344 valence electrons. The Bertz CT molecular complexity index is 3080. The van der Waals surface area contributed by atoms with E-state index in [1.807, 2.05) is 0 Å². The van der Waals surface area contributed by atoms with Crippen LogP contribution < -0.4 is 14.4 Å². The summed E-state index contributed by atoms with van der Waals surface area (Å²) in [5.41, 5.74) is 15.5. The highest BCUT2D eigenvalue weighted by atomic mass is 32.2. The van der Waals surface area contributed by atoms with Crippen LogP contribution in [0.4, 0.5) is 22.7 Å². The molecule has 0 saturated heterocycles. The Labute approximate surface area is 399 Å². The van der Waals surface area contributed by atoms with E-state index in [2.05, 4.69) is 208 Å². The zero-order valence-electron chi connectivity index (χ0n) is 40.4. The highest BCUT2D eigenvalue weighted by Gasteiger charge is 2.43. The number of allylic oxidation sites excluding steroid dienone is 8. The van der Waals surface area contributed by atoms with Crippen LogP contribution in [0.15, 0.2) is 168 Å². The van der Waals surface area contributed by atoms with Crippen LogP contribution in [0, 0.1) is 13.8 Å². The van der Waals surface area contributed by atoms with Crippen LogP contribution in [0.3, 0.4) is 0 Å². The second-order valence-corrected chi connectivity index (χ2v) is 21.5. The lowest BCUT2D eigenvalue weighted by molar-refractivity contribution is 0.480. The van der Waals surface area contributed by atoms with Gasteiger partial charge in [-0.1, -0.05) is 156 Å². The van der Waals surface area contributed by atoms with Crippen LogP contribution in [0.25, 0.3) is 21.5 Å². The number of aryl methyl sites for hydroxylation is 2. The van der Waals surface area contributed by atoms with Gasteiger partial charge in [0.1, 0.15) is 0 Å². The van der Waals surface area contributed by atoms with E-state index < -0.39 is 10.1 Å². The van der Waals surface area contributed by atoms with Crippen LogP contribution in [0.5, 0.6) is 0 Å². The van der Waals surface area contributed by atoms with Gasteiger partial charge in [0.05, 0.1) is 5.75 Å². The van der Waals surface area contributed by atoms with Crippen molar-refractivity contribution in [2.24, 2.45) is 0 Å². The summed E-state index contributed by atoms with van der Waals surface area (Å²) < 4.78 is 35.6. The molecule has 2 heterocycles. The molecule has 0 aromatic heterocycles. The third-order valence-corrected chi connectivity index (χ3v) is 15.3. The third-order valence-electron chi connectivity index (χ3n) is 14.5. The highest BCUT2D eigenvalue weighted by Crippen LogP contribution is 2.52. The Hall–Kier alpha value is -6.02. The van der Waals surface area contributed by atoms with Crippen LogP contribution in [-0.2, 0) is 20.9 Å². The lowest BCUT2D eigenvalue weighted by Gasteiger charge is -2.27. The Morgan fingerprint density at radius 3 is 1.43 bits per heavy atom. The zero-order valence-corrected chi connectivity index (χ0v) is 41.3. The summed E-state index contributed by atoms with van der Waals surface area (Å²) in [5, 5.41) is 5.04. The Morgan fingerprint density at radius 1 is 0.567 bits per heavy atom. The molecule has 1 N–H and O–H groups in total. The maximum atomic E-state index is 11.8. The average molecular weight is 909 g/mol. The van der Waals surface area contributed by atoms with Crippen molar-refractivity contribution in [3.05, 3.63) is 190 Å². The lowest BCUT2D eigenvalue weighted by Crippen LogP contribution is -2.27. The molecule has 6 aromatic rings. The number of unbranched alkanes of at least 4 members (excludes halogenated alkanes) is 3. The molecule has 2 aliphatic heterocycles. The minimum atomic E-state index is -4.05. The smallest absolute Gasteiger partial charge is 0.264 e. The standard InChI is InChI=1S/C60H65N3O3S/c1-8-9-14-39-61-52-35-27-44-17-10-12-19-50(44)56(52)59(4,5)54(61)37-29-46-25-26-47(58(46)63(48-31-21-42(2)22-32-48)49-33-23-43(3)24-34-49)30-38-55-60(6,7)57-51-20-13-11-18-45(51)28-36-53(57)62(55)40-15-16-41-67(64,65)66/h10-13,17-24,27-38H,8-9,14-16,25-26,39-41H2,1-7H3/p+1. The normalized spacial score (nSPS) is 18.9. The van der Waals surface area contributed by atoms with Gasteiger partial charge in [0.2, 0.25) is 17.1 Å². The number of benzene rings is 6. The number of hydrogen-bond acceptors (Lipinski definition) is 4. The molecular weight excluding hydrogens is 843 g/mol. The summed E-state index contributed by atoms with van der Waals surface area (Å²) in [6, 6.07) is 44.4. The van der Waals surface area contributed by atoms with Crippen molar-refractivity contribution in [3.63, 3.8) is 0 Å². The molecule has 3 aliphatic rings. The van der Waals surface area contributed by atoms with E-state index >= 15 is 0 Å². The molecule has 0 radical (unpaired) electrons. The molecule has 1 aliphatic carbocycles. The van der Waals surface area contributed by atoms with Gasteiger partial charge in [0.25, 0.3) is 10.1 Å². The number of anilines is 2. The molecule has 67 heavy (non-hydrogen) atoms. The molecule has 1 saturated carbocycles. The summed E-state index contributed by atoms with van der Waals surface area (Å²) in [6.45, 7) is 17.6. The maximum absolute atomic E-state index is 11.8. The maximum Gasteiger partial charge on any atom is 0.264 e. The quantitative estimate of drug-likeness (QED) is 0.0710. The van der Waals surface area contributed by atoms with Crippen LogP contribution in [0.2, 0.25) is 0 Å². The van der Waals surface area contributed by atoms with Crippen molar-refractivity contribution in [3.8, 4) is 0 Å². The van der Waals surface area contributed by atoms with Crippen LogP contribution in [-0.4, -0.2) is 37.5 Å². The minimum absolute atomic E-state index is 0.215. The van der Waals surface area contributed by atoms with Gasteiger partial charge in [-0.3, -0.25) is 4.55 Å². The largest absolute Gasteiger partial charge is 0.344 e. The van der Waals surface area contributed by atoms with Crippen LogP contribution in [0.1, 0.15) is 102 Å². The summed E-state index contributed by atoms with van der Waals surface area (Å²) in [4.78, 5) is 5.00. The minimum Gasteiger partial charge on any atom is -0.344 e. The second kappa shape index (κ2) is 18.6. The highest BCUT2D eigenvalue weighted by molar-refractivity contribution is 7.85. The first-order valence-electron chi connectivity index (χ1n) is 24.4. The molecule has 0 atom stereocenters. The van der Waals surface area contributed by atoms with E-state index in [-0.39, 0.29) is 16.6 Å². The number of rotatable bonds is 13. The predicted molar refractivity (Wildman–Crippen MR) is 284 cm³/mol. The van der Waals surface area contributed by atoms with E-state index in [9.17, 15) is 13.0 Å². The van der Waals surface area contributed by atoms with Crippen molar-refractivity contribution >= 4 is 60.1 Å². The van der Waals surface area contributed by atoms with Gasteiger partial charge in [-0.25, -0.2) is 0 Å². The zero-order chi connectivity index (χ0) is 47.1. The van der Waals surface area contributed by atoms with Gasteiger partial charge in [-0.05, 0) is 103 Å². The Kier molecular flexibility index (Phi) is 12.8. The van der Waals surface area contributed by atoms with Crippen LogP contribution >= 0.6 is 0 Å². The van der Waals surface area contributed by atoms with E-state index in [1.165, 1.54) is 90.6 Å². The molecule has 9 rings (SSSR count). The van der Waals surface area contributed by atoms with E-state index in [4.69, 9.17) is 0 Å². The monoisotopic (exact) mass is 908 g/mol. The molecule has 0 spiro atoms. The number of hydrogen-bond donors (Lipinski definition) is 1. The van der Waals surface area contributed by atoms with Gasteiger partial charge in [-0.15, -0.1) is 0 Å². The third kappa shape index (κ3) is 8.96. The first kappa shape index (κ1) is 46.1. The lowest BCUT2D eigenvalue weighted by atomic mass is 9.81. The average Bonchev–Trinajstić information content (AvgIpc) is 3.88. The molecule has 6 aromatic carbocycles. The van der Waals surface area contributed by atoms with Gasteiger partial charge >= 0.3 is 0 Å². The fourth-order valence-electron chi connectivity index (χ4n) is 11.1. The number of nitrogens with zero attached hydrogens (tertiary/aromatic N) is 3. The van der Waals surface area contributed by atoms with E-state index in [0.29, 0.717) is 19.4 Å². The SMILES string of the molecule is CCCCCN1/C(=C\C=C2/CC/C(=C\C=C3N(CCCCS(=O)(=O)O)c4ccc5ccccc5c4C3(C)C)C2=[N+](c2ccc(C)cc2)c2ccc(C)cc2)C(C)(C)c2c1ccc1ccccc21. The predicted octanol–water partition coefficient (Wildman–Crippen LogP) is 14.8. The van der Waals surface area contributed by atoms with Gasteiger partial charge in [-0.2, -0.15) is 13.0 Å². The first-order chi connectivity index (χ1) is 32.2. The molecule has 7 heteroatoms. The fourth-order valence-corrected chi connectivity index (χ4v) is 11.7. The van der Waals surface area contributed by atoms with Crippen molar-refractivity contribution in [2.45, 2.75) is 104 Å². The first-order valence-corrected chi connectivity index (χ1v) is 26.0. The number of fused-ring (bicyclic) bond motifs is 6. The molecule has 0 amide bonds. The molecular formula is C60H66N3O3S+. The summed E-state index contributed by atoms with van der Waals surface area (Å²) in [6.07, 6.45) is 15.8. The fraction of sp³-hybridized carbons (Fsp3) is 0.317. The molecule has 0 unspecified atom stereocenters. The molecule has 1 fully saturated rings. The van der Waals surface area contributed by atoms with Crippen molar-refractivity contribution < 1.29 is 13.0 Å². The molecule has 6 nitrogen and oxygen atoms in total. The Balaban J connectivity index is 1.23. The molecule has 0 bridgehead atoms. The van der Waals surface area contributed by atoms with Gasteiger partial charge < -0.3 is 9.80 Å². The second-order valence-electron chi connectivity index (χ2n) is 20.0. The topological polar surface area (TPSA) is 63.9 Å². The van der Waals surface area contributed by atoms with Gasteiger partial charge in [0.15, 0.2) is 0 Å². The summed E-state index contributed by atoms with van der Waals surface area (Å²) in [7, 11) is -4.05. The Morgan fingerprint density at radius 2 is 1.00 bits per heavy atom. The van der Waals surface area contributed by atoms with Crippen molar-refractivity contribution in [2.75, 3.05) is 28.6 Å².